The van der Waals surface area contributed by atoms with Crippen LogP contribution in [0.2, 0.25) is 0 Å². The van der Waals surface area contributed by atoms with Crippen molar-refractivity contribution in [1.82, 2.24) is 10.2 Å². The highest BCUT2D eigenvalue weighted by molar-refractivity contribution is 5.84. The molecule has 9 heteroatoms. The summed E-state index contributed by atoms with van der Waals surface area (Å²) in [6.07, 6.45) is -0.125. The molecule has 1 saturated heterocycles. The summed E-state index contributed by atoms with van der Waals surface area (Å²) in [5.41, 5.74) is 5.13. The number of nitrogens with two attached hydrogens (primary N) is 1. The first-order valence-electron chi connectivity index (χ1n) is 6.10. The molecule has 0 bridgehead atoms. The third kappa shape index (κ3) is 4.41. The Morgan fingerprint density at radius 3 is 2.40 bits per heavy atom. The molecule has 112 valence electrons. The molecule has 0 aromatic heterocycles. The number of urea groups is 1. The highest BCUT2D eigenvalue weighted by Gasteiger charge is 2.31. The number of primary amides is 1. The van der Waals surface area contributed by atoms with Crippen molar-refractivity contribution >= 4 is 23.9 Å². The lowest BCUT2D eigenvalue weighted by atomic mass is 10.1. The van der Waals surface area contributed by atoms with E-state index in [9.17, 15) is 19.2 Å². The fourth-order valence-electron chi connectivity index (χ4n) is 1.94. The average molecular weight is 287 g/mol. The molecule has 0 saturated carbocycles. The van der Waals surface area contributed by atoms with E-state index in [1.807, 2.05) is 0 Å². The minimum atomic E-state index is -1.30. The molecule has 1 unspecified atom stereocenters. The molecule has 1 rings (SSSR count). The van der Waals surface area contributed by atoms with Crippen LogP contribution in [-0.2, 0) is 14.4 Å². The SMILES string of the molecule is NC(=O)C1CCN(C(=O)N[C@@H](CCC(=O)O)C(=O)O)C1. The van der Waals surface area contributed by atoms with Gasteiger partial charge in [-0.25, -0.2) is 9.59 Å². The van der Waals surface area contributed by atoms with E-state index >= 15 is 0 Å². The molecular formula is C11H17N3O6. The lowest BCUT2D eigenvalue weighted by molar-refractivity contribution is -0.140. The number of carbonyl (C=O) groups is 4. The zero-order valence-corrected chi connectivity index (χ0v) is 10.7. The summed E-state index contributed by atoms with van der Waals surface area (Å²) < 4.78 is 0. The fourth-order valence-corrected chi connectivity index (χ4v) is 1.94. The summed E-state index contributed by atoms with van der Waals surface area (Å²) >= 11 is 0. The van der Waals surface area contributed by atoms with E-state index in [0.717, 1.165) is 0 Å². The normalized spacial score (nSPS) is 19.4. The van der Waals surface area contributed by atoms with Crippen molar-refractivity contribution in [3.05, 3.63) is 0 Å². The Kier molecular flexibility index (Phi) is 5.30. The molecule has 0 radical (unpaired) electrons. The third-order valence-electron chi connectivity index (χ3n) is 3.12. The minimum Gasteiger partial charge on any atom is -0.481 e. The van der Waals surface area contributed by atoms with Crippen LogP contribution in [-0.4, -0.2) is 58.1 Å². The first-order valence-corrected chi connectivity index (χ1v) is 6.10. The van der Waals surface area contributed by atoms with Crippen LogP contribution in [0.25, 0.3) is 0 Å². The van der Waals surface area contributed by atoms with E-state index in [1.165, 1.54) is 4.90 Å². The van der Waals surface area contributed by atoms with Crippen LogP contribution in [0, 0.1) is 5.92 Å². The molecule has 3 amide bonds. The molecule has 0 spiro atoms. The Hall–Kier alpha value is -2.32. The van der Waals surface area contributed by atoms with Crippen molar-refractivity contribution in [2.75, 3.05) is 13.1 Å². The van der Waals surface area contributed by atoms with Gasteiger partial charge in [0.15, 0.2) is 0 Å². The Balaban J connectivity index is 2.52. The molecule has 0 aromatic carbocycles. The van der Waals surface area contributed by atoms with E-state index in [0.29, 0.717) is 13.0 Å². The molecule has 0 aromatic rings. The lowest BCUT2D eigenvalue weighted by Gasteiger charge is -2.20. The standard InChI is InChI=1S/C11H17N3O6/c12-9(17)6-3-4-14(5-6)11(20)13-7(10(18)19)1-2-8(15)16/h6-7H,1-5H2,(H2,12,17)(H,13,20)(H,15,16)(H,18,19)/t6?,7-/m0/s1. The van der Waals surface area contributed by atoms with Crippen LogP contribution in [0.1, 0.15) is 19.3 Å². The summed E-state index contributed by atoms with van der Waals surface area (Å²) in [5, 5.41) is 19.7. The van der Waals surface area contributed by atoms with Gasteiger partial charge in [-0.2, -0.15) is 0 Å². The maximum atomic E-state index is 11.8. The van der Waals surface area contributed by atoms with Crippen molar-refractivity contribution in [2.45, 2.75) is 25.3 Å². The van der Waals surface area contributed by atoms with E-state index in [-0.39, 0.29) is 19.4 Å². The van der Waals surface area contributed by atoms with Crippen molar-refractivity contribution in [2.24, 2.45) is 11.7 Å². The number of carboxylic acid groups (broad SMARTS) is 2. The van der Waals surface area contributed by atoms with Gasteiger partial charge in [0.25, 0.3) is 0 Å². The van der Waals surface area contributed by atoms with Crippen LogP contribution in [0.3, 0.4) is 0 Å². The number of carbonyl (C=O) groups excluding carboxylic acids is 2. The predicted molar refractivity (Wildman–Crippen MR) is 65.7 cm³/mol. The highest BCUT2D eigenvalue weighted by Crippen LogP contribution is 2.15. The summed E-state index contributed by atoms with van der Waals surface area (Å²) in [6.45, 7) is 0.456. The number of nitrogens with one attached hydrogen (secondary N) is 1. The first kappa shape index (κ1) is 15.7. The van der Waals surface area contributed by atoms with E-state index in [2.05, 4.69) is 5.32 Å². The molecule has 20 heavy (non-hydrogen) atoms. The summed E-state index contributed by atoms with van der Waals surface area (Å²) in [5.74, 6) is -3.37. The van der Waals surface area contributed by atoms with E-state index < -0.39 is 35.8 Å². The second-order valence-corrected chi connectivity index (χ2v) is 4.61. The molecule has 1 aliphatic rings. The molecule has 9 nitrogen and oxygen atoms in total. The molecule has 1 fully saturated rings. The maximum Gasteiger partial charge on any atom is 0.326 e. The fraction of sp³-hybridized carbons (Fsp3) is 0.636. The Bertz CT molecular complexity index is 424. The number of nitrogens with zero attached hydrogens (tertiary/aromatic N) is 1. The Morgan fingerprint density at radius 2 is 1.95 bits per heavy atom. The van der Waals surface area contributed by atoms with Crippen LogP contribution in [0.4, 0.5) is 4.79 Å². The number of hydrogen-bond donors (Lipinski definition) is 4. The largest absolute Gasteiger partial charge is 0.481 e. The van der Waals surface area contributed by atoms with Gasteiger partial charge in [0.2, 0.25) is 5.91 Å². The van der Waals surface area contributed by atoms with Crippen LogP contribution in [0.5, 0.6) is 0 Å². The number of carboxylic acids is 2. The maximum absolute atomic E-state index is 11.8. The van der Waals surface area contributed by atoms with Gasteiger partial charge in [0.1, 0.15) is 6.04 Å². The first-order chi connectivity index (χ1) is 9.31. The van der Waals surface area contributed by atoms with E-state index in [1.54, 1.807) is 0 Å². The van der Waals surface area contributed by atoms with Crippen molar-refractivity contribution in [3.8, 4) is 0 Å². The van der Waals surface area contributed by atoms with Gasteiger partial charge in [0, 0.05) is 19.5 Å². The third-order valence-corrected chi connectivity index (χ3v) is 3.12. The summed E-state index contributed by atoms with van der Waals surface area (Å²) in [6, 6.07) is -1.90. The van der Waals surface area contributed by atoms with Crippen molar-refractivity contribution < 1.29 is 29.4 Å². The van der Waals surface area contributed by atoms with Gasteiger partial charge in [-0.1, -0.05) is 0 Å². The smallest absolute Gasteiger partial charge is 0.326 e. The zero-order chi connectivity index (χ0) is 15.3. The van der Waals surface area contributed by atoms with Crippen molar-refractivity contribution in [3.63, 3.8) is 0 Å². The van der Waals surface area contributed by atoms with Gasteiger partial charge >= 0.3 is 18.0 Å². The number of likely N-dealkylation sites (tertiary alicyclic amines) is 1. The summed E-state index contributed by atoms with van der Waals surface area (Å²) in [4.78, 5) is 45.5. The second-order valence-electron chi connectivity index (χ2n) is 4.61. The van der Waals surface area contributed by atoms with Crippen LogP contribution < -0.4 is 11.1 Å². The Labute approximate surface area is 114 Å². The topological polar surface area (TPSA) is 150 Å². The molecule has 0 aliphatic carbocycles. The van der Waals surface area contributed by atoms with Crippen molar-refractivity contribution in [1.29, 1.82) is 0 Å². The van der Waals surface area contributed by atoms with E-state index in [4.69, 9.17) is 15.9 Å². The molecule has 1 heterocycles. The molecule has 5 N–H and O–H groups in total. The van der Waals surface area contributed by atoms with Crippen LogP contribution in [0.15, 0.2) is 0 Å². The highest BCUT2D eigenvalue weighted by atomic mass is 16.4. The second kappa shape index (κ2) is 6.73. The predicted octanol–water partition coefficient (Wildman–Crippen LogP) is -1.18. The number of amides is 3. The number of hydrogen-bond acceptors (Lipinski definition) is 4. The number of aliphatic carboxylic acids is 2. The summed E-state index contributed by atoms with van der Waals surface area (Å²) in [7, 11) is 0. The average Bonchev–Trinajstić information content (AvgIpc) is 2.83. The molecule has 2 atom stereocenters. The van der Waals surface area contributed by atoms with Gasteiger partial charge in [-0.05, 0) is 12.8 Å². The zero-order valence-electron chi connectivity index (χ0n) is 10.7. The lowest BCUT2D eigenvalue weighted by Crippen LogP contribution is -2.47. The van der Waals surface area contributed by atoms with Gasteiger partial charge in [0.05, 0.1) is 5.92 Å². The monoisotopic (exact) mass is 287 g/mol. The minimum absolute atomic E-state index is 0.145. The molecule has 1 aliphatic heterocycles. The quantitative estimate of drug-likeness (QED) is 0.483. The number of rotatable bonds is 6. The van der Waals surface area contributed by atoms with Gasteiger partial charge in [-0.15, -0.1) is 0 Å². The van der Waals surface area contributed by atoms with Crippen LogP contribution >= 0.6 is 0 Å². The van der Waals surface area contributed by atoms with Gasteiger partial charge in [-0.3, -0.25) is 9.59 Å². The Morgan fingerprint density at radius 1 is 1.30 bits per heavy atom. The molecular weight excluding hydrogens is 270 g/mol. The van der Waals surface area contributed by atoms with Gasteiger partial charge < -0.3 is 26.2 Å².